The van der Waals surface area contributed by atoms with E-state index in [0.29, 0.717) is 12.2 Å². The molecule has 0 aliphatic carbocycles. The third-order valence-corrected chi connectivity index (χ3v) is 0.800. The summed E-state index contributed by atoms with van der Waals surface area (Å²) in [6, 6.07) is 0. The van der Waals surface area contributed by atoms with E-state index in [0.717, 1.165) is 6.42 Å². The molecule has 0 saturated heterocycles. The van der Waals surface area contributed by atoms with Crippen molar-refractivity contribution in [3.63, 3.8) is 0 Å². The summed E-state index contributed by atoms with van der Waals surface area (Å²) in [7, 11) is 0. The van der Waals surface area contributed by atoms with E-state index >= 15 is 0 Å². The van der Waals surface area contributed by atoms with Crippen LogP contribution in [-0.4, -0.2) is 5.26 Å². The number of rotatable bonds is 3. The molecule has 0 spiro atoms. The zero-order chi connectivity index (χ0) is 6.41. The lowest BCUT2D eigenvalue weighted by molar-refractivity contribution is -0.205. The molecule has 48 valence electrons. The first-order chi connectivity index (χ1) is 3.85. The molecule has 0 heterocycles. The summed E-state index contributed by atoms with van der Waals surface area (Å²) < 4.78 is 0. The Kier molecular flexibility index (Phi) is 4.07. The normalized spacial score (nSPS) is 11.5. The highest BCUT2D eigenvalue weighted by atomic mass is 17.1. The van der Waals surface area contributed by atoms with Crippen LogP contribution in [0.3, 0.4) is 0 Å². The predicted octanol–water partition coefficient (Wildman–Crippen LogP) is 1.08. The summed E-state index contributed by atoms with van der Waals surface area (Å²) in [5, 5.41) is 8.01. The molecule has 0 amide bonds. The Bertz CT molecular complexity index is 80.5. The first-order valence-corrected chi connectivity index (χ1v) is 2.57. The van der Waals surface area contributed by atoms with E-state index in [4.69, 9.17) is 11.0 Å². The smallest absolute Gasteiger partial charge is 0.157 e. The Hall–Kier alpha value is -0.700. The average Bonchev–Trinajstić information content (AvgIpc) is 1.83. The number of hydrogen-bond acceptors (Lipinski definition) is 3. The molecule has 3 nitrogen and oxygen atoms in total. The van der Waals surface area contributed by atoms with Crippen molar-refractivity contribution in [1.82, 2.24) is 0 Å². The Balaban J connectivity index is 3.38. The Morgan fingerprint density at radius 2 is 2.50 bits per heavy atom. The molecular formula is C5H11NO2. The third kappa shape index (κ3) is 2.47. The van der Waals surface area contributed by atoms with E-state index < -0.39 is 0 Å². The summed E-state index contributed by atoms with van der Waals surface area (Å²) in [5.41, 5.74) is 5.02. The molecule has 0 aromatic heterocycles. The molecule has 0 aliphatic heterocycles. The minimum Gasteiger partial charge on any atom is -0.402 e. The lowest BCUT2D eigenvalue weighted by atomic mass is 10.3. The predicted molar refractivity (Wildman–Crippen MR) is 30.9 cm³/mol. The fourth-order valence-corrected chi connectivity index (χ4v) is 0.406. The van der Waals surface area contributed by atoms with E-state index in [-0.39, 0.29) is 0 Å². The van der Waals surface area contributed by atoms with Crippen LogP contribution in [-0.2, 0) is 4.89 Å². The van der Waals surface area contributed by atoms with Crippen molar-refractivity contribution in [2.45, 2.75) is 19.8 Å². The van der Waals surface area contributed by atoms with Gasteiger partial charge in [0.05, 0.1) is 0 Å². The van der Waals surface area contributed by atoms with Crippen LogP contribution in [0.15, 0.2) is 12.0 Å². The molecular weight excluding hydrogens is 106 g/mol. The van der Waals surface area contributed by atoms with Crippen LogP contribution in [0.5, 0.6) is 0 Å². The topological polar surface area (TPSA) is 55.5 Å². The third-order valence-electron chi connectivity index (χ3n) is 0.800. The maximum atomic E-state index is 8.01. The lowest BCUT2D eigenvalue weighted by Gasteiger charge is -1.96. The fraction of sp³-hybridized carbons (Fsp3) is 0.600. The average molecular weight is 117 g/mol. The van der Waals surface area contributed by atoms with Gasteiger partial charge in [-0.3, -0.25) is 0 Å². The van der Waals surface area contributed by atoms with Crippen LogP contribution in [0.25, 0.3) is 0 Å². The van der Waals surface area contributed by atoms with Crippen molar-refractivity contribution >= 4 is 0 Å². The van der Waals surface area contributed by atoms with E-state index in [1.165, 1.54) is 6.20 Å². The SMILES string of the molecule is CCC/C(=C\N)OO. The van der Waals surface area contributed by atoms with Crippen molar-refractivity contribution < 1.29 is 10.1 Å². The fourth-order valence-electron chi connectivity index (χ4n) is 0.406. The number of hydrogen-bond donors (Lipinski definition) is 2. The zero-order valence-electron chi connectivity index (χ0n) is 4.92. The summed E-state index contributed by atoms with van der Waals surface area (Å²) >= 11 is 0. The second-order valence-corrected chi connectivity index (χ2v) is 1.47. The van der Waals surface area contributed by atoms with Crippen LogP contribution in [0, 0.1) is 0 Å². The maximum Gasteiger partial charge on any atom is 0.157 e. The molecule has 0 fully saturated rings. The van der Waals surface area contributed by atoms with Gasteiger partial charge < -0.3 is 10.6 Å². The second-order valence-electron chi connectivity index (χ2n) is 1.47. The van der Waals surface area contributed by atoms with Gasteiger partial charge in [0.25, 0.3) is 0 Å². The zero-order valence-corrected chi connectivity index (χ0v) is 4.92. The molecule has 0 radical (unpaired) electrons. The highest BCUT2D eigenvalue weighted by Crippen LogP contribution is 2.01. The van der Waals surface area contributed by atoms with E-state index in [1.54, 1.807) is 0 Å². The monoisotopic (exact) mass is 117 g/mol. The molecule has 3 heteroatoms. The molecule has 0 bridgehead atoms. The molecule has 0 saturated carbocycles. The molecule has 0 atom stereocenters. The second kappa shape index (κ2) is 4.46. The van der Waals surface area contributed by atoms with Crippen molar-refractivity contribution in [2.75, 3.05) is 0 Å². The minimum atomic E-state index is 0.424. The van der Waals surface area contributed by atoms with Crippen LogP contribution < -0.4 is 5.73 Å². The van der Waals surface area contributed by atoms with Crippen LogP contribution >= 0.6 is 0 Å². The molecule has 0 aromatic rings. The molecule has 0 aliphatic rings. The van der Waals surface area contributed by atoms with E-state index in [2.05, 4.69) is 4.89 Å². The van der Waals surface area contributed by atoms with Crippen LogP contribution in [0.1, 0.15) is 19.8 Å². The van der Waals surface area contributed by atoms with Crippen molar-refractivity contribution in [3.8, 4) is 0 Å². The van der Waals surface area contributed by atoms with Crippen molar-refractivity contribution in [2.24, 2.45) is 5.73 Å². The van der Waals surface area contributed by atoms with Gasteiger partial charge in [0, 0.05) is 12.6 Å². The summed E-state index contributed by atoms with van der Waals surface area (Å²) in [4.78, 5) is 3.88. The standard InChI is InChI=1S/C5H11NO2/c1-2-3-5(4-6)8-7/h4,7H,2-3,6H2,1H3/b5-4+. The molecule has 0 aromatic carbocycles. The highest BCUT2D eigenvalue weighted by Gasteiger charge is 1.91. The summed E-state index contributed by atoms with van der Waals surface area (Å²) in [5.74, 6) is 0.424. The van der Waals surface area contributed by atoms with Gasteiger partial charge >= 0.3 is 0 Å². The molecule has 8 heavy (non-hydrogen) atoms. The minimum absolute atomic E-state index is 0.424. The van der Waals surface area contributed by atoms with Crippen LogP contribution in [0.2, 0.25) is 0 Å². The Labute approximate surface area is 48.7 Å². The van der Waals surface area contributed by atoms with Gasteiger partial charge in [0.15, 0.2) is 5.76 Å². The van der Waals surface area contributed by atoms with Gasteiger partial charge in [-0.05, 0) is 6.42 Å². The van der Waals surface area contributed by atoms with Gasteiger partial charge in [-0.25, -0.2) is 5.26 Å². The van der Waals surface area contributed by atoms with E-state index in [1.807, 2.05) is 6.92 Å². The van der Waals surface area contributed by atoms with Crippen molar-refractivity contribution in [1.29, 1.82) is 0 Å². The Morgan fingerprint density at radius 1 is 1.88 bits per heavy atom. The first kappa shape index (κ1) is 7.30. The summed E-state index contributed by atoms with van der Waals surface area (Å²) in [6.45, 7) is 1.97. The van der Waals surface area contributed by atoms with Crippen LogP contribution in [0.4, 0.5) is 0 Å². The van der Waals surface area contributed by atoms with Gasteiger partial charge in [-0.15, -0.1) is 0 Å². The summed E-state index contributed by atoms with van der Waals surface area (Å²) in [6.07, 6.45) is 2.86. The maximum absolute atomic E-state index is 8.01. The van der Waals surface area contributed by atoms with Gasteiger partial charge in [0.2, 0.25) is 0 Å². The Morgan fingerprint density at radius 3 is 2.62 bits per heavy atom. The first-order valence-electron chi connectivity index (χ1n) is 2.57. The van der Waals surface area contributed by atoms with Gasteiger partial charge in [0.1, 0.15) is 0 Å². The molecule has 0 unspecified atom stereocenters. The van der Waals surface area contributed by atoms with Crippen molar-refractivity contribution in [3.05, 3.63) is 12.0 Å². The van der Waals surface area contributed by atoms with E-state index in [9.17, 15) is 0 Å². The lowest BCUT2D eigenvalue weighted by Crippen LogP contribution is -1.91. The molecule has 0 rings (SSSR count). The van der Waals surface area contributed by atoms with Gasteiger partial charge in [-0.1, -0.05) is 6.92 Å². The largest absolute Gasteiger partial charge is 0.402 e. The number of nitrogens with two attached hydrogens (primary N) is 1. The van der Waals surface area contributed by atoms with Gasteiger partial charge in [-0.2, -0.15) is 0 Å². The quantitative estimate of drug-likeness (QED) is 0.330. The molecule has 3 N–H and O–H groups in total. The highest BCUT2D eigenvalue weighted by molar-refractivity contribution is 4.86. The number of allylic oxidation sites excluding steroid dienone is 1.